The quantitative estimate of drug-likeness (QED) is 0.784. The zero-order chi connectivity index (χ0) is 14.4. The van der Waals surface area contributed by atoms with Gasteiger partial charge in [0, 0.05) is 23.5 Å². The van der Waals surface area contributed by atoms with Crippen LogP contribution in [0.5, 0.6) is 11.5 Å². The van der Waals surface area contributed by atoms with Gasteiger partial charge in [-0.1, -0.05) is 18.2 Å². The summed E-state index contributed by atoms with van der Waals surface area (Å²) in [6, 6.07) is 6.08. The molecular formula is C16H22O3S. The van der Waals surface area contributed by atoms with Crippen molar-refractivity contribution in [1.29, 1.82) is 0 Å². The largest absolute Gasteiger partial charge is 0.493 e. The predicted octanol–water partition coefficient (Wildman–Crippen LogP) is 3.23. The van der Waals surface area contributed by atoms with Crippen molar-refractivity contribution in [2.24, 2.45) is 0 Å². The molecule has 0 radical (unpaired) electrons. The number of aliphatic hydroxyl groups is 1. The summed E-state index contributed by atoms with van der Waals surface area (Å²) in [6.45, 7) is 2.78. The molecule has 0 bridgehead atoms. The first kappa shape index (κ1) is 15.3. The molecule has 1 aromatic rings. The summed E-state index contributed by atoms with van der Waals surface area (Å²) in [6.07, 6.45) is 5.21. The van der Waals surface area contributed by atoms with Gasteiger partial charge in [0.25, 0.3) is 0 Å². The van der Waals surface area contributed by atoms with Gasteiger partial charge in [-0.25, -0.2) is 0 Å². The molecule has 0 saturated heterocycles. The third-order valence-electron chi connectivity index (χ3n) is 3.46. The molecule has 0 aromatic heterocycles. The van der Waals surface area contributed by atoms with E-state index in [0.717, 1.165) is 23.7 Å². The number of aliphatic hydroxyl groups excluding tert-OH is 1. The van der Waals surface area contributed by atoms with Gasteiger partial charge in [0.1, 0.15) is 0 Å². The number of hydrogen-bond acceptors (Lipinski definition) is 4. The number of rotatable bonds is 7. The minimum atomic E-state index is 0.200. The molecule has 0 aliphatic carbocycles. The highest BCUT2D eigenvalue weighted by atomic mass is 32.2. The van der Waals surface area contributed by atoms with E-state index in [0.29, 0.717) is 17.8 Å². The topological polar surface area (TPSA) is 38.7 Å². The van der Waals surface area contributed by atoms with E-state index in [1.807, 2.05) is 24.8 Å². The van der Waals surface area contributed by atoms with Gasteiger partial charge in [0.15, 0.2) is 11.5 Å². The molecule has 1 aliphatic rings. The van der Waals surface area contributed by atoms with Crippen LogP contribution in [0.2, 0.25) is 0 Å². The van der Waals surface area contributed by atoms with E-state index in [-0.39, 0.29) is 6.61 Å². The molecular weight excluding hydrogens is 272 g/mol. The van der Waals surface area contributed by atoms with Crippen LogP contribution in [0.1, 0.15) is 24.8 Å². The molecule has 2 atom stereocenters. The zero-order valence-corrected chi connectivity index (χ0v) is 12.9. The summed E-state index contributed by atoms with van der Waals surface area (Å²) in [5, 5.41) is 9.78. The van der Waals surface area contributed by atoms with E-state index in [9.17, 15) is 5.11 Å². The van der Waals surface area contributed by atoms with Gasteiger partial charge in [0.05, 0.1) is 13.7 Å². The van der Waals surface area contributed by atoms with Gasteiger partial charge in [0.2, 0.25) is 0 Å². The molecule has 2 rings (SSSR count). The lowest BCUT2D eigenvalue weighted by Gasteiger charge is -2.23. The number of hydrogen-bond donors (Lipinski definition) is 1. The maximum absolute atomic E-state index is 9.34. The molecule has 110 valence electrons. The number of ether oxygens (including phenoxy) is 2. The fourth-order valence-corrected chi connectivity index (χ4v) is 3.71. The van der Waals surface area contributed by atoms with E-state index in [1.54, 1.807) is 7.11 Å². The van der Waals surface area contributed by atoms with E-state index in [4.69, 9.17) is 9.47 Å². The molecule has 20 heavy (non-hydrogen) atoms. The Balaban J connectivity index is 2.27. The monoisotopic (exact) mass is 294 g/mol. The highest BCUT2D eigenvalue weighted by Crippen LogP contribution is 2.39. The van der Waals surface area contributed by atoms with Crippen LogP contribution in [0, 0.1) is 0 Å². The Morgan fingerprint density at radius 3 is 2.85 bits per heavy atom. The molecule has 1 heterocycles. The third-order valence-corrected chi connectivity index (χ3v) is 4.72. The van der Waals surface area contributed by atoms with Crippen molar-refractivity contribution < 1.29 is 14.6 Å². The Bertz CT molecular complexity index is 459. The summed E-state index contributed by atoms with van der Waals surface area (Å²) >= 11 is 1.92. The standard InChI is InChI=1S/C16H22O3S/c1-3-19-15-11-12(6-7-14(15)18-2)13(8-9-17)16-5-4-10-20-16/h4-7,11,13,16-17H,3,8-10H2,1-2H3. The lowest BCUT2D eigenvalue weighted by Crippen LogP contribution is -2.13. The van der Waals surface area contributed by atoms with Gasteiger partial charge in [-0.05, 0) is 31.0 Å². The lowest BCUT2D eigenvalue weighted by molar-refractivity contribution is 0.276. The average Bonchev–Trinajstić information content (AvgIpc) is 2.99. The summed E-state index contributed by atoms with van der Waals surface area (Å²) in [5.41, 5.74) is 1.20. The second-order valence-corrected chi connectivity index (χ2v) is 5.90. The molecule has 0 fully saturated rings. The van der Waals surface area contributed by atoms with Crippen LogP contribution in [0.15, 0.2) is 30.4 Å². The SMILES string of the molecule is CCOc1cc(C(CCO)C2C=CCS2)ccc1OC. The van der Waals surface area contributed by atoms with E-state index < -0.39 is 0 Å². The second kappa shape index (κ2) is 7.60. The fourth-order valence-electron chi connectivity index (χ4n) is 2.51. The first-order valence-corrected chi connectivity index (χ1v) is 8.04. The summed E-state index contributed by atoms with van der Waals surface area (Å²) in [4.78, 5) is 0. The number of thioether (sulfide) groups is 1. The van der Waals surface area contributed by atoms with Crippen LogP contribution in [0.25, 0.3) is 0 Å². The molecule has 0 amide bonds. The molecule has 1 N–H and O–H groups in total. The zero-order valence-electron chi connectivity index (χ0n) is 12.0. The van der Waals surface area contributed by atoms with Crippen LogP contribution < -0.4 is 9.47 Å². The lowest BCUT2D eigenvalue weighted by atomic mass is 9.92. The Kier molecular flexibility index (Phi) is 5.80. The maximum atomic E-state index is 9.34. The average molecular weight is 294 g/mol. The molecule has 0 saturated carbocycles. The first-order valence-electron chi connectivity index (χ1n) is 7.00. The Hall–Kier alpha value is -1.13. The van der Waals surface area contributed by atoms with Gasteiger partial charge in [-0.3, -0.25) is 0 Å². The summed E-state index contributed by atoms with van der Waals surface area (Å²) < 4.78 is 11.0. The molecule has 4 heteroatoms. The minimum absolute atomic E-state index is 0.200. The Labute approximate surface area is 125 Å². The van der Waals surface area contributed by atoms with Crippen LogP contribution >= 0.6 is 11.8 Å². The molecule has 0 spiro atoms. The number of benzene rings is 1. The van der Waals surface area contributed by atoms with Crippen molar-refractivity contribution in [2.45, 2.75) is 24.5 Å². The molecule has 1 aliphatic heterocycles. The van der Waals surface area contributed by atoms with Gasteiger partial charge < -0.3 is 14.6 Å². The smallest absolute Gasteiger partial charge is 0.161 e. The molecule has 1 aromatic carbocycles. The van der Waals surface area contributed by atoms with Crippen molar-refractivity contribution >= 4 is 11.8 Å². The van der Waals surface area contributed by atoms with Gasteiger partial charge >= 0.3 is 0 Å². The highest BCUT2D eigenvalue weighted by molar-refractivity contribution is 8.00. The highest BCUT2D eigenvalue weighted by Gasteiger charge is 2.24. The van der Waals surface area contributed by atoms with Gasteiger partial charge in [-0.15, -0.1) is 11.8 Å². The van der Waals surface area contributed by atoms with E-state index in [2.05, 4.69) is 24.3 Å². The third kappa shape index (κ3) is 3.49. The van der Waals surface area contributed by atoms with Crippen molar-refractivity contribution in [1.82, 2.24) is 0 Å². The van der Waals surface area contributed by atoms with Crippen LogP contribution in [-0.2, 0) is 0 Å². The van der Waals surface area contributed by atoms with Crippen LogP contribution in [-0.4, -0.2) is 36.4 Å². The Morgan fingerprint density at radius 1 is 1.40 bits per heavy atom. The summed E-state index contributed by atoms with van der Waals surface area (Å²) in [7, 11) is 1.65. The van der Waals surface area contributed by atoms with Gasteiger partial charge in [-0.2, -0.15) is 0 Å². The van der Waals surface area contributed by atoms with Crippen molar-refractivity contribution in [3.63, 3.8) is 0 Å². The Morgan fingerprint density at radius 2 is 2.25 bits per heavy atom. The normalized spacial score (nSPS) is 19.1. The van der Waals surface area contributed by atoms with E-state index in [1.165, 1.54) is 5.56 Å². The van der Waals surface area contributed by atoms with Crippen molar-refractivity contribution in [2.75, 3.05) is 26.1 Å². The maximum Gasteiger partial charge on any atom is 0.161 e. The molecule has 3 nitrogen and oxygen atoms in total. The van der Waals surface area contributed by atoms with Crippen LogP contribution in [0.3, 0.4) is 0 Å². The first-order chi connectivity index (χ1) is 9.80. The fraction of sp³-hybridized carbons (Fsp3) is 0.500. The van der Waals surface area contributed by atoms with Crippen molar-refractivity contribution in [3.8, 4) is 11.5 Å². The van der Waals surface area contributed by atoms with Crippen molar-refractivity contribution in [3.05, 3.63) is 35.9 Å². The molecule has 2 unspecified atom stereocenters. The van der Waals surface area contributed by atoms with E-state index >= 15 is 0 Å². The van der Waals surface area contributed by atoms with Crippen LogP contribution in [0.4, 0.5) is 0 Å². The number of methoxy groups -OCH3 is 1. The second-order valence-electron chi connectivity index (χ2n) is 4.69. The minimum Gasteiger partial charge on any atom is -0.493 e. The predicted molar refractivity (Wildman–Crippen MR) is 84.0 cm³/mol. The summed E-state index contributed by atoms with van der Waals surface area (Å²) in [5.74, 6) is 2.91.